The van der Waals surface area contributed by atoms with E-state index in [1.807, 2.05) is 30.3 Å². The van der Waals surface area contributed by atoms with Gasteiger partial charge in [-0.05, 0) is 43.2 Å². The third-order valence-electron chi connectivity index (χ3n) is 6.36. The first-order chi connectivity index (χ1) is 16.4. The Morgan fingerprint density at radius 3 is 2.38 bits per heavy atom. The molecule has 0 spiro atoms. The summed E-state index contributed by atoms with van der Waals surface area (Å²) in [5, 5.41) is 2.58. The van der Waals surface area contributed by atoms with E-state index in [4.69, 9.17) is 9.47 Å². The lowest BCUT2D eigenvalue weighted by Crippen LogP contribution is -2.42. The van der Waals surface area contributed by atoms with Gasteiger partial charge < -0.3 is 14.8 Å². The summed E-state index contributed by atoms with van der Waals surface area (Å²) in [6.07, 6.45) is 9.33. The van der Waals surface area contributed by atoms with Crippen molar-refractivity contribution >= 4 is 6.41 Å². The highest BCUT2D eigenvalue weighted by Gasteiger charge is 2.36. The van der Waals surface area contributed by atoms with E-state index in [1.54, 1.807) is 0 Å². The van der Waals surface area contributed by atoms with Crippen molar-refractivity contribution in [3.8, 4) is 5.75 Å². The van der Waals surface area contributed by atoms with Crippen molar-refractivity contribution in [2.75, 3.05) is 0 Å². The lowest BCUT2D eigenvalue weighted by molar-refractivity contribution is -0.216. The van der Waals surface area contributed by atoms with Crippen molar-refractivity contribution in [1.29, 1.82) is 0 Å². The van der Waals surface area contributed by atoms with Gasteiger partial charge in [-0.2, -0.15) is 0 Å². The lowest BCUT2D eigenvalue weighted by atomic mass is 9.88. The van der Waals surface area contributed by atoms with Crippen LogP contribution in [0, 0.1) is 18.8 Å². The van der Waals surface area contributed by atoms with Crippen LogP contribution >= 0.6 is 0 Å². The van der Waals surface area contributed by atoms with E-state index in [-0.39, 0.29) is 0 Å². The van der Waals surface area contributed by atoms with Crippen LogP contribution < -0.4 is 10.1 Å². The fourth-order valence-electron chi connectivity index (χ4n) is 3.99. The van der Waals surface area contributed by atoms with Gasteiger partial charge in [0.25, 0.3) is 0 Å². The third-order valence-corrected chi connectivity index (χ3v) is 6.36. The molecule has 1 unspecified atom stereocenters. The van der Waals surface area contributed by atoms with Crippen LogP contribution in [0.25, 0.3) is 0 Å². The summed E-state index contributed by atoms with van der Waals surface area (Å²) in [6.45, 7) is 12.4. The summed E-state index contributed by atoms with van der Waals surface area (Å²) in [6, 6.07) is 16.1. The van der Waals surface area contributed by atoms with Gasteiger partial charge >= 0.3 is 0 Å². The molecular weight excluding hydrogens is 422 g/mol. The highest BCUT2D eigenvalue weighted by Crippen LogP contribution is 2.37. The quantitative estimate of drug-likeness (QED) is 0.407. The number of carbonyl (C=O) groups excluding carboxylic acids is 1. The van der Waals surface area contributed by atoms with Gasteiger partial charge in [-0.15, -0.1) is 0 Å². The molecule has 1 N–H and O–H groups in total. The number of nitrogens with one attached hydrogen (secondary N) is 1. The highest BCUT2D eigenvalue weighted by molar-refractivity contribution is 5.46. The molecule has 0 aromatic heterocycles. The number of ether oxygens (including phenoxy) is 2. The topological polar surface area (TPSA) is 47.6 Å². The fraction of sp³-hybridized carbons (Fsp3) is 0.567. The van der Waals surface area contributed by atoms with Gasteiger partial charge in [-0.1, -0.05) is 95.0 Å². The molecule has 0 bridgehead atoms. The van der Waals surface area contributed by atoms with Crippen molar-refractivity contribution in [2.45, 2.75) is 98.5 Å². The molecule has 1 heterocycles. The van der Waals surface area contributed by atoms with E-state index < -0.39 is 5.79 Å². The average molecular weight is 468 g/mol. The Morgan fingerprint density at radius 2 is 1.82 bits per heavy atom. The zero-order valence-electron chi connectivity index (χ0n) is 21.9. The van der Waals surface area contributed by atoms with E-state index in [0.29, 0.717) is 25.5 Å². The van der Waals surface area contributed by atoms with Gasteiger partial charge in [0, 0.05) is 24.9 Å². The van der Waals surface area contributed by atoms with Crippen molar-refractivity contribution in [1.82, 2.24) is 5.32 Å². The molecule has 1 amide bonds. The minimum atomic E-state index is -0.402. The van der Waals surface area contributed by atoms with E-state index >= 15 is 0 Å². The SMILES string of the molecule is CC1CCC1.CCCC1(CCC(C)C)OCc2cc(C)ccc2O1.O=CNCc1ccccc1. The van der Waals surface area contributed by atoms with Crippen LogP contribution in [0.2, 0.25) is 0 Å². The number of fused-ring (bicyclic) bond motifs is 1. The van der Waals surface area contributed by atoms with Gasteiger partial charge in [0.05, 0.1) is 6.61 Å². The Hall–Kier alpha value is -2.33. The van der Waals surface area contributed by atoms with Crippen molar-refractivity contribution in [3.63, 3.8) is 0 Å². The van der Waals surface area contributed by atoms with Gasteiger partial charge in [-0.3, -0.25) is 4.79 Å². The predicted molar refractivity (Wildman–Crippen MR) is 141 cm³/mol. The first kappa shape index (κ1) is 27.9. The van der Waals surface area contributed by atoms with E-state index in [1.165, 1.54) is 30.4 Å². The Morgan fingerprint density at radius 1 is 1.12 bits per heavy atom. The molecule has 2 aromatic rings. The van der Waals surface area contributed by atoms with Crippen LogP contribution in [-0.2, 0) is 22.7 Å². The first-order valence-corrected chi connectivity index (χ1v) is 13.0. The molecule has 4 rings (SSSR count). The van der Waals surface area contributed by atoms with Crippen LogP contribution in [-0.4, -0.2) is 12.2 Å². The molecule has 1 aliphatic heterocycles. The second-order valence-electron chi connectivity index (χ2n) is 10.1. The second-order valence-corrected chi connectivity index (χ2v) is 10.1. The van der Waals surface area contributed by atoms with E-state index in [9.17, 15) is 4.79 Å². The Labute approximate surface area is 207 Å². The summed E-state index contributed by atoms with van der Waals surface area (Å²) in [5.41, 5.74) is 3.56. The van der Waals surface area contributed by atoms with Crippen molar-refractivity contribution in [3.05, 3.63) is 65.2 Å². The Bertz CT molecular complexity index is 832. The standard InChI is InChI=1S/C17H26O2.C8H9NO.C5H10/c1-5-9-17(10-8-13(2)3)18-12-15-11-14(4)6-7-16(15)19-17;10-7-9-6-8-4-2-1-3-5-8;1-5-3-2-4-5/h6-7,11,13H,5,8-10,12H2,1-4H3;1-5,7H,6H2,(H,9,10);5H,2-4H2,1H3. The predicted octanol–water partition coefficient (Wildman–Crippen LogP) is 7.58. The summed E-state index contributed by atoms with van der Waals surface area (Å²) in [4.78, 5) is 9.87. The van der Waals surface area contributed by atoms with Crippen molar-refractivity contribution in [2.24, 2.45) is 11.8 Å². The Balaban J connectivity index is 0.000000224. The summed E-state index contributed by atoms with van der Waals surface area (Å²) in [7, 11) is 0. The summed E-state index contributed by atoms with van der Waals surface area (Å²) >= 11 is 0. The number of amides is 1. The van der Waals surface area contributed by atoms with Gasteiger partial charge in [0.1, 0.15) is 5.75 Å². The number of hydrogen-bond donors (Lipinski definition) is 1. The fourth-order valence-corrected chi connectivity index (χ4v) is 3.99. The minimum absolute atomic E-state index is 0.402. The van der Waals surface area contributed by atoms with E-state index in [2.05, 4.69) is 58.1 Å². The highest BCUT2D eigenvalue weighted by atomic mass is 16.7. The number of benzene rings is 2. The van der Waals surface area contributed by atoms with Gasteiger partial charge in [0.2, 0.25) is 12.2 Å². The molecule has 1 aliphatic carbocycles. The maximum absolute atomic E-state index is 9.87. The molecule has 34 heavy (non-hydrogen) atoms. The van der Waals surface area contributed by atoms with Crippen LogP contribution in [0.5, 0.6) is 5.75 Å². The van der Waals surface area contributed by atoms with Crippen molar-refractivity contribution < 1.29 is 14.3 Å². The molecule has 1 fully saturated rings. The second kappa shape index (κ2) is 14.8. The molecule has 188 valence electrons. The van der Waals surface area contributed by atoms with Crippen LogP contribution in [0.3, 0.4) is 0 Å². The van der Waals surface area contributed by atoms with Crippen LogP contribution in [0.15, 0.2) is 48.5 Å². The van der Waals surface area contributed by atoms with Gasteiger partial charge in [-0.25, -0.2) is 0 Å². The maximum Gasteiger partial charge on any atom is 0.210 e. The van der Waals surface area contributed by atoms with E-state index in [0.717, 1.165) is 42.9 Å². The molecule has 1 atom stereocenters. The molecule has 2 aromatic carbocycles. The number of carbonyl (C=O) groups is 1. The zero-order chi connectivity index (χ0) is 24.8. The molecule has 0 saturated heterocycles. The number of hydrogen-bond acceptors (Lipinski definition) is 3. The first-order valence-electron chi connectivity index (χ1n) is 13.0. The maximum atomic E-state index is 9.87. The molecule has 0 radical (unpaired) electrons. The van der Waals surface area contributed by atoms with Crippen LogP contribution in [0.4, 0.5) is 0 Å². The zero-order valence-corrected chi connectivity index (χ0v) is 21.9. The average Bonchev–Trinajstić information content (AvgIpc) is 2.82. The molecule has 2 aliphatic rings. The minimum Gasteiger partial charge on any atom is -0.462 e. The summed E-state index contributed by atoms with van der Waals surface area (Å²) in [5.74, 6) is 2.35. The largest absolute Gasteiger partial charge is 0.462 e. The normalized spacial score (nSPS) is 18.8. The monoisotopic (exact) mass is 467 g/mol. The number of rotatable bonds is 8. The lowest BCUT2D eigenvalue weighted by Gasteiger charge is -2.39. The smallest absolute Gasteiger partial charge is 0.210 e. The van der Waals surface area contributed by atoms with Gasteiger partial charge in [0.15, 0.2) is 0 Å². The molecular formula is C30H45NO3. The van der Waals surface area contributed by atoms with Crippen LogP contribution in [0.1, 0.15) is 89.3 Å². The number of aryl methyl sites for hydroxylation is 1. The third kappa shape index (κ3) is 9.89. The summed E-state index contributed by atoms with van der Waals surface area (Å²) < 4.78 is 12.4. The molecule has 4 nitrogen and oxygen atoms in total. The molecule has 1 saturated carbocycles. The Kier molecular flexibility index (Phi) is 12.2. The molecule has 4 heteroatoms.